The number of benzene rings is 1. The predicted molar refractivity (Wildman–Crippen MR) is 129 cm³/mol. The molecule has 4 atom stereocenters. The van der Waals surface area contributed by atoms with Gasteiger partial charge in [-0.3, -0.25) is 9.59 Å². The van der Waals surface area contributed by atoms with E-state index in [1.807, 2.05) is 12.1 Å². The number of hydrogen-bond acceptors (Lipinski definition) is 2. The zero-order chi connectivity index (χ0) is 22.8. The van der Waals surface area contributed by atoms with E-state index in [2.05, 4.69) is 26.1 Å². The monoisotopic (exact) mass is 468 g/mol. The lowest BCUT2D eigenvalue weighted by Gasteiger charge is -2.36. The van der Waals surface area contributed by atoms with E-state index in [0.717, 1.165) is 50.5 Å². The zero-order valence-electron chi connectivity index (χ0n) is 19.2. The summed E-state index contributed by atoms with van der Waals surface area (Å²) >= 11 is 12.1. The van der Waals surface area contributed by atoms with Crippen LogP contribution in [0.15, 0.2) is 24.3 Å². The van der Waals surface area contributed by atoms with Gasteiger partial charge in [0.05, 0.1) is 0 Å². The van der Waals surface area contributed by atoms with Crippen molar-refractivity contribution in [2.24, 2.45) is 11.8 Å². The molecular weight excluding hydrogens is 431 g/mol. The van der Waals surface area contributed by atoms with Crippen molar-refractivity contribution in [3.63, 3.8) is 0 Å². The van der Waals surface area contributed by atoms with Gasteiger partial charge in [-0.05, 0) is 48.8 Å². The van der Waals surface area contributed by atoms with Crippen LogP contribution in [0.3, 0.4) is 0 Å². The lowest BCUT2D eigenvalue weighted by Crippen LogP contribution is -2.50. The Bertz CT molecular complexity index is 695. The highest BCUT2D eigenvalue weighted by molar-refractivity contribution is 6.30. The van der Waals surface area contributed by atoms with Crippen molar-refractivity contribution in [1.29, 1.82) is 0 Å². The maximum atomic E-state index is 13.6. The van der Waals surface area contributed by atoms with Crippen molar-refractivity contribution in [1.82, 2.24) is 10.2 Å². The fourth-order valence-corrected chi connectivity index (χ4v) is 4.81. The van der Waals surface area contributed by atoms with E-state index >= 15 is 0 Å². The van der Waals surface area contributed by atoms with Crippen LogP contribution in [0.1, 0.15) is 83.7 Å². The maximum Gasteiger partial charge on any atom is 0.247 e. The Morgan fingerprint density at radius 1 is 1.16 bits per heavy atom. The molecule has 0 aromatic heterocycles. The number of hydrogen-bond donors (Lipinski definition) is 1. The largest absolute Gasteiger partial charge is 0.351 e. The minimum atomic E-state index is -0.701. The Labute approximate surface area is 198 Å². The lowest BCUT2D eigenvalue weighted by molar-refractivity contribution is -0.140. The average molecular weight is 469 g/mol. The molecule has 174 valence electrons. The molecule has 1 aromatic carbocycles. The van der Waals surface area contributed by atoms with Crippen LogP contribution < -0.4 is 5.32 Å². The molecule has 0 saturated heterocycles. The van der Waals surface area contributed by atoms with Crippen LogP contribution in [0.5, 0.6) is 0 Å². The highest BCUT2D eigenvalue weighted by Gasteiger charge is 2.34. The molecule has 2 rings (SSSR count). The molecule has 0 radical (unpaired) electrons. The van der Waals surface area contributed by atoms with Gasteiger partial charge in [-0.2, -0.15) is 0 Å². The SMILES string of the molecule is CCCC[C@H](CC)CN(C(=O)CCl)[C@H](C(=O)N[C@H]1CCCC[C@H]1C)c1ccc(Cl)cc1. The summed E-state index contributed by atoms with van der Waals surface area (Å²) in [5.41, 5.74) is 0.772. The topological polar surface area (TPSA) is 49.4 Å². The molecule has 0 spiro atoms. The Balaban J connectivity index is 2.34. The fraction of sp³-hybridized carbons (Fsp3) is 0.680. The molecule has 1 aliphatic rings. The molecule has 1 N–H and O–H groups in total. The van der Waals surface area contributed by atoms with Crippen molar-refractivity contribution in [3.05, 3.63) is 34.9 Å². The maximum absolute atomic E-state index is 13.6. The quantitative estimate of drug-likeness (QED) is 0.384. The summed E-state index contributed by atoms with van der Waals surface area (Å²) in [5, 5.41) is 3.87. The first-order chi connectivity index (χ1) is 14.9. The summed E-state index contributed by atoms with van der Waals surface area (Å²) in [5.74, 6) is 0.312. The number of nitrogens with zero attached hydrogens (tertiary/aromatic N) is 1. The number of amides is 2. The lowest BCUT2D eigenvalue weighted by atomic mass is 9.85. The van der Waals surface area contributed by atoms with E-state index in [0.29, 0.717) is 23.4 Å². The van der Waals surface area contributed by atoms with Crippen molar-refractivity contribution in [2.45, 2.75) is 84.2 Å². The molecule has 6 heteroatoms. The summed E-state index contributed by atoms with van der Waals surface area (Å²) in [6.45, 7) is 7.04. The summed E-state index contributed by atoms with van der Waals surface area (Å²) in [6.07, 6.45) is 8.65. The van der Waals surface area contributed by atoms with Crippen LogP contribution in [0.4, 0.5) is 0 Å². The van der Waals surface area contributed by atoms with Gasteiger partial charge in [-0.15, -0.1) is 11.6 Å². The van der Waals surface area contributed by atoms with Gasteiger partial charge in [0, 0.05) is 17.6 Å². The molecule has 0 aliphatic heterocycles. The van der Waals surface area contributed by atoms with Gasteiger partial charge < -0.3 is 10.2 Å². The second-order valence-corrected chi connectivity index (χ2v) is 9.63. The normalized spacial score (nSPS) is 20.7. The number of carbonyl (C=O) groups is 2. The molecular formula is C25H38Cl2N2O2. The molecule has 1 saturated carbocycles. The molecule has 1 aromatic rings. The number of halogens is 2. The van der Waals surface area contributed by atoms with E-state index in [1.54, 1.807) is 17.0 Å². The first kappa shape index (κ1) is 26.0. The molecule has 1 fully saturated rings. The number of rotatable bonds is 11. The second-order valence-electron chi connectivity index (χ2n) is 8.93. The Morgan fingerprint density at radius 2 is 1.84 bits per heavy atom. The van der Waals surface area contributed by atoms with Gasteiger partial charge in [-0.25, -0.2) is 0 Å². The molecule has 0 heterocycles. The summed E-state index contributed by atoms with van der Waals surface area (Å²) in [7, 11) is 0. The summed E-state index contributed by atoms with van der Waals surface area (Å²) in [4.78, 5) is 28.3. The molecule has 1 aliphatic carbocycles. The molecule has 31 heavy (non-hydrogen) atoms. The van der Waals surface area contributed by atoms with Crippen LogP contribution in [-0.2, 0) is 9.59 Å². The van der Waals surface area contributed by atoms with E-state index < -0.39 is 6.04 Å². The number of nitrogens with one attached hydrogen (secondary N) is 1. The van der Waals surface area contributed by atoms with Crippen molar-refractivity contribution < 1.29 is 9.59 Å². The van der Waals surface area contributed by atoms with Crippen molar-refractivity contribution in [2.75, 3.05) is 12.4 Å². The van der Waals surface area contributed by atoms with Crippen LogP contribution in [0.2, 0.25) is 5.02 Å². The van der Waals surface area contributed by atoms with Crippen molar-refractivity contribution in [3.8, 4) is 0 Å². The zero-order valence-corrected chi connectivity index (χ0v) is 20.7. The summed E-state index contributed by atoms with van der Waals surface area (Å²) in [6, 6.07) is 6.69. The van der Waals surface area contributed by atoms with Crippen LogP contribution in [0, 0.1) is 11.8 Å². The van der Waals surface area contributed by atoms with Crippen LogP contribution in [0.25, 0.3) is 0 Å². The molecule has 0 bridgehead atoms. The van der Waals surface area contributed by atoms with Gasteiger partial charge in [-0.1, -0.05) is 76.6 Å². The number of alkyl halides is 1. The van der Waals surface area contributed by atoms with E-state index in [4.69, 9.17) is 23.2 Å². The fourth-order valence-electron chi connectivity index (χ4n) is 4.53. The van der Waals surface area contributed by atoms with Gasteiger partial charge in [0.2, 0.25) is 11.8 Å². The van der Waals surface area contributed by atoms with E-state index in [1.165, 1.54) is 6.42 Å². The second kappa shape index (κ2) is 13.3. The average Bonchev–Trinajstić information content (AvgIpc) is 2.77. The number of unbranched alkanes of at least 4 members (excludes halogenated alkanes) is 1. The standard InChI is InChI=1S/C25H38Cl2N2O2/c1-4-6-10-19(5-2)17-29(23(30)16-26)24(20-12-14-21(27)15-13-20)25(31)28-22-11-8-7-9-18(22)3/h12-15,18-19,22,24H,4-11,16-17H2,1-3H3,(H,28,31)/t18-,19+,22+,24+/m1/s1. The number of carbonyl (C=O) groups excluding carboxylic acids is 2. The van der Waals surface area contributed by atoms with E-state index in [9.17, 15) is 9.59 Å². The minimum Gasteiger partial charge on any atom is -0.351 e. The van der Waals surface area contributed by atoms with Gasteiger partial charge in [0.1, 0.15) is 11.9 Å². The van der Waals surface area contributed by atoms with Gasteiger partial charge in [0.15, 0.2) is 0 Å². The smallest absolute Gasteiger partial charge is 0.247 e. The first-order valence-electron chi connectivity index (χ1n) is 11.8. The van der Waals surface area contributed by atoms with Gasteiger partial charge >= 0.3 is 0 Å². The molecule has 2 amide bonds. The molecule has 0 unspecified atom stereocenters. The highest BCUT2D eigenvalue weighted by Crippen LogP contribution is 2.29. The predicted octanol–water partition coefficient (Wildman–Crippen LogP) is 6.36. The van der Waals surface area contributed by atoms with E-state index in [-0.39, 0.29) is 23.7 Å². The first-order valence-corrected chi connectivity index (χ1v) is 12.7. The Morgan fingerprint density at radius 3 is 2.42 bits per heavy atom. The Kier molecular flexibility index (Phi) is 11.2. The Hall–Kier alpha value is -1.26. The van der Waals surface area contributed by atoms with Crippen LogP contribution in [-0.4, -0.2) is 35.2 Å². The third kappa shape index (κ3) is 7.68. The molecule has 4 nitrogen and oxygen atoms in total. The third-order valence-corrected chi connectivity index (χ3v) is 7.10. The third-order valence-electron chi connectivity index (χ3n) is 6.62. The minimum absolute atomic E-state index is 0.120. The summed E-state index contributed by atoms with van der Waals surface area (Å²) < 4.78 is 0. The highest BCUT2D eigenvalue weighted by atomic mass is 35.5. The van der Waals surface area contributed by atoms with Crippen LogP contribution >= 0.6 is 23.2 Å². The van der Waals surface area contributed by atoms with Crippen molar-refractivity contribution >= 4 is 35.0 Å². The van der Waals surface area contributed by atoms with Gasteiger partial charge in [0.25, 0.3) is 0 Å².